The molecule has 1 aromatic heterocycles. The first-order valence-corrected chi connectivity index (χ1v) is 6.35. The third-order valence-electron chi connectivity index (χ3n) is 3.40. The summed E-state index contributed by atoms with van der Waals surface area (Å²) in [5.41, 5.74) is -1.61. The van der Waals surface area contributed by atoms with Crippen LogP contribution in [0.2, 0.25) is 5.15 Å². The molecule has 0 saturated carbocycles. The standard InChI is InChI=1S/C12H13ClF3N3O/c1-7-4-8(5-18-9(7)13)19-10(20)11(12(14,15)16)2-3-17-6-11/h4-5,17H,2-3,6H2,1H3,(H,19,20). The van der Waals surface area contributed by atoms with E-state index in [-0.39, 0.29) is 23.8 Å². The molecule has 1 aromatic rings. The third kappa shape index (κ3) is 2.60. The Morgan fingerprint density at radius 1 is 1.55 bits per heavy atom. The molecule has 110 valence electrons. The number of alkyl halides is 3. The molecule has 1 aliphatic rings. The molecule has 0 bridgehead atoms. The molecule has 1 unspecified atom stereocenters. The summed E-state index contributed by atoms with van der Waals surface area (Å²) in [6.45, 7) is 1.40. The molecular weight excluding hydrogens is 295 g/mol. The van der Waals surface area contributed by atoms with E-state index in [9.17, 15) is 18.0 Å². The van der Waals surface area contributed by atoms with E-state index in [4.69, 9.17) is 11.6 Å². The third-order valence-corrected chi connectivity index (χ3v) is 3.80. The Hall–Kier alpha value is -1.34. The number of aromatic nitrogens is 1. The molecule has 2 heterocycles. The molecule has 1 saturated heterocycles. The predicted molar refractivity (Wildman–Crippen MR) is 68.6 cm³/mol. The Balaban J connectivity index is 2.23. The number of nitrogens with zero attached hydrogens (tertiary/aromatic N) is 1. The quantitative estimate of drug-likeness (QED) is 0.826. The van der Waals surface area contributed by atoms with Gasteiger partial charge in [-0.3, -0.25) is 4.79 Å². The molecule has 1 atom stereocenters. The lowest BCUT2D eigenvalue weighted by atomic mass is 9.85. The van der Waals surface area contributed by atoms with Gasteiger partial charge in [-0.15, -0.1) is 0 Å². The molecule has 0 aliphatic carbocycles. The van der Waals surface area contributed by atoms with Gasteiger partial charge in [0.15, 0.2) is 5.41 Å². The average Bonchev–Trinajstić information content (AvgIpc) is 2.84. The van der Waals surface area contributed by atoms with E-state index in [1.807, 2.05) is 0 Å². The fourth-order valence-electron chi connectivity index (χ4n) is 2.13. The minimum Gasteiger partial charge on any atom is -0.324 e. The zero-order valence-electron chi connectivity index (χ0n) is 10.6. The Labute approximate surface area is 118 Å². The van der Waals surface area contributed by atoms with Gasteiger partial charge in [0.1, 0.15) is 5.15 Å². The second kappa shape index (κ2) is 5.21. The number of hydrogen-bond donors (Lipinski definition) is 2. The van der Waals surface area contributed by atoms with Crippen LogP contribution >= 0.6 is 11.6 Å². The SMILES string of the molecule is Cc1cc(NC(=O)C2(C(F)(F)F)CCNC2)cnc1Cl. The van der Waals surface area contributed by atoms with Gasteiger partial charge in [0.2, 0.25) is 5.91 Å². The monoisotopic (exact) mass is 307 g/mol. The number of amides is 1. The van der Waals surface area contributed by atoms with Crippen molar-refractivity contribution in [1.29, 1.82) is 0 Å². The normalized spacial score (nSPS) is 22.9. The summed E-state index contributed by atoms with van der Waals surface area (Å²) in [7, 11) is 0. The number of nitrogens with one attached hydrogen (secondary N) is 2. The number of rotatable bonds is 2. The molecule has 0 radical (unpaired) electrons. The van der Waals surface area contributed by atoms with Gasteiger partial charge in [-0.1, -0.05) is 11.6 Å². The first kappa shape index (κ1) is 15.1. The van der Waals surface area contributed by atoms with Gasteiger partial charge in [0.05, 0.1) is 11.9 Å². The molecule has 2 rings (SSSR count). The van der Waals surface area contributed by atoms with Crippen LogP contribution in [-0.2, 0) is 4.79 Å². The molecular formula is C12H13ClF3N3O. The summed E-state index contributed by atoms with van der Waals surface area (Å²) in [6.07, 6.45) is -3.64. The zero-order valence-corrected chi connectivity index (χ0v) is 11.4. The van der Waals surface area contributed by atoms with E-state index < -0.39 is 24.0 Å². The van der Waals surface area contributed by atoms with Gasteiger partial charge >= 0.3 is 6.18 Å². The van der Waals surface area contributed by atoms with Gasteiger partial charge < -0.3 is 10.6 Å². The summed E-state index contributed by atoms with van der Waals surface area (Å²) < 4.78 is 39.5. The molecule has 0 aromatic carbocycles. The lowest BCUT2D eigenvalue weighted by molar-refractivity contribution is -0.213. The number of hydrogen-bond acceptors (Lipinski definition) is 3. The molecule has 4 nitrogen and oxygen atoms in total. The van der Waals surface area contributed by atoms with Crippen molar-refractivity contribution in [3.63, 3.8) is 0 Å². The highest BCUT2D eigenvalue weighted by atomic mass is 35.5. The van der Waals surface area contributed by atoms with Gasteiger partial charge in [0.25, 0.3) is 0 Å². The maximum Gasteiger partial charge on any atom is 0.404 e. The van der Waals surface area contributed by atoms with Crippen molar-refractivity contribution in [1.82, 2.24) is 10.3 Å². The second-order valence-electron chi connectivity index (χ2n) is 4.79. The van der Waals surface area contributed by atoms with Crippen LogP contribution in [0.15, 0.2) is 12.3 Å². The van der Waals surface area contributed by atoms with E-state index in [1.165, 1.54) is 12.3 Å². The summed E-state index contributed by atoms with van der Waals surface area (Å²) in [6, 6.07) is 1.49. The van der Waals surface area contributed by atoms with Crippen molar-refractivity contribution in [2.45, 2.75) is 19.5 Å². The Morgan fingerprint density at radius 2 is 2.25 bits per heavy atom. The number of aryl methyl sites for hydroxylation is 1. The highest BCUT2D eigenvalue weighted by Gasteiger charge is 2.61. The van der Waals surface area contributed by atoms with Crippen LogP contribution in [0.25, 0.3) is 0 Å². The number of carbonyl (C=O) groups excluding carboxylic acids is 1. The molecule has 8 heteroatoms. The van der Waals surface area contributed by atoms with Crippen LogP contribution in [-0.4, -0.2) is 30.2 Å². The first-order valence-electron chi connectivity index (χ1n) is 5.97. The molecule has 1 fully saturated rings. The lowest BCUT2D eigenvalue weighted by Gasteiger charge is -2.29. The van der Waals surface area contributed by atoms with Gasteiger partial charge in [-0.2, -0.15) is 13.2 Å². The highest BCUT2D eigenvalue weighted by Crippen LogP contribution is 2.43. The van der Waals surface area contributed by atoms with Crippen LogP contribution in [0.3, 0.4) is 0 Å². The number of halogens is 4. The highest BCUT2D eigenvalue weighted by molar-refractivity contribution is 6.30. The topological polar surface area (TPSA) is 54.0 Å². The zero-order chi connectivity index (χ0) is 15.0. The van der Waals surface area contributed by atoms with Crippen molar-refractivity contribution in [3.8, 4) is 0 Å². The Kier molecular flexibility index (Phi) is 3.93. The van der Waals surface area contributed by atoms with Crippen LogP contribution in [0, 0.1) is 12.3 Å². The fraction of sp³-hybridized carbons (Fsp3) is 0.500. The van der Waals surface area contributed by atoms with Crippen molar-refractivity contribution in [3.05, 3.63) is 23.0 Å². The van der Waals surface area contributed by atoms with E-state index in [1.54, 1.807) is 6.92 Å². The van der Waals surface area contributed by atoms with Crippen LogP contribution in [0.5, 0.6) is 0 Å². The van der Waals surface area contributed by atoms with Crippen LogP contribution in [0.1, 0.15) is 12.0 Å². The first-order chi connectivity index (χ1) is 9.26. The second-order valence-corrected chi connectivity index (χ2v) is 5.15. The van der Waals surface area contributed by atoms with E-state index in [2.05, 4.69) is 15.6 Å². The van der Waals surface area contributed by atoms with E-state index >= 15 is 0 Å². The maximum absolute atomic E-state index is 13.2. The number of pyridine rings is 1. The summed E-state index contributed by atoms with van der Waals surface area (Å²) in [5.74, 6) is -1.07. The Morgan fingerprint density at radius 3 is 2.75 bits per heavy atom. The maximum atomic E-state index is 13.2. The van der Waals surface area contributed by atoms with Crippen molar-refractivity contribution < 1.29 is 18.0 Å². The van der Waals surface area contributed by atoms with Crippen LogP contribution in [0.4, 0.5) is 18.9 Å². The van der Waals surface area contributed by atoms with E-state index in [0.29, 0.717) is 5.56 Å². The number of carbonyl (C=O) groups is 1. The minimum atomic E-state index is -4.60. The Bertz CT molecular complexity index is 527. The average molecular weight is 308 g/mol. The van der Waals surface area contributed by atoms with E-state index in [0.717, 1.165) is 0 Å². The lowest BCUT2D eigenvalue weighted by Crippen LogP contribution is -2.49. The fourth-order valence-corrected chi connectivity index (χ4v) is 2.24. The van der Waals surface area contributed by atoms with Crippen molar-refractivity contribution >= 4 is 23.2 Å². The summed E-state index contributed by atoms with van der Waals surface area (Å²) in [4.78, 5) is 15.8. The predicted octanol–water partition coefficient (Wildman–Crippen LogP) is 2.52. The molecule has 2 N–H and O–H groups in total. The van der Waals surface area contributed by atoms with Crippen LogP contribution < -0.4 is 10.6 Å². The molecule has 0 spiro atoms. The molecule has 1 aliphatic heterocycles. The molecule has 20 heavy (non-hydrogen) atoms. The summed E-state index contributed by atoms with van der Waals surface area (Å²) in [5, 5.41) is 5.11. The summed E-state index contributed by atoms with van der Waals surface area (Å²) >= 11 is 5.73. The smallest absolute Gasteiger partial charge is 0.324 e. The largest absolute Gasteiger partial charge is 0.404 e. The molecule has 1 amide bonds. The number of anilines is 1. The van der Waals surface area contributed by atoms with Gasteiger partial charge in [-0.25, -0.2) is 4.98 Å². The van der Waals surface area contributed by atoms with Crippen molar-refractivity contribution in [2.24, 2.45) is 5.41 Å². The van der Waals surface area contributed by atoms with Crippen molar-refractivity contribution in [2.75, 3.05) is 18.4 Å². The minimum absolute atomic E-state index is 0.158. The van der Waals surface area contributed by atoms with Gasteiger partial charge in [-0.05, 0) is 31.5 Å². The van der Waals surface area contributed by atoms with Gasteiger partial charge in [0, 0.05) is 6.54 Å².